The van der Waals surface area contributed by atoms with E-state index in [2.05, 4.69) is 59.2 Å². The highest BCUT2D eigenvalue weighted by Gasteiger charge is 2.21. The first-order valence-corrected chi connectivity index (χ1v) is 9.33. The van der Waals surface area contributed by atoms with Crippen LogP contribution in [0.3, 0.4) is 0 Å². The lowest BCUT2D eigenvalue weighted by Crippen LogP contribution is -2.29. The highest BCUT2D eigenvalue weighted by Crippen LogP contribution is 2.33. The zero-order valence-corrected chi connectivity index (χ0v) is 15.2. The average molecular weight is 332 g/mol. The van der Waals surface area contributed by atoms with Crippen LogP contribution in [0.15, 0.2) is 37.6 Å². The van der Waals surface area contributed by atoms with Crippen molar-refractivity contribution in [3.05, 3.63) is 48.7 Å². The second-order valence-electron chi connectivity index (χ2n) is 6.00. The molecule has 126 valence electrons. The SMILES string of the molecule is C=C.CNSCCc1ccc2[nH]cc(C3CCN(C)CC3)c2c1. The number of hydrogen-bond donors (Lipinski definition) is 2. The predicted molar refractivity (Wildman–Crippen MR) is 104 cm³/mol. The summed E-state index contributed by atoms with van der Waals surface area (Å²) in [5, 5.41) is 1.44. The van der Waals surface area contributed by atoms with Gasteiger partial charge < -0.3 is 9.88 Å². The number of likely N-dealkylation sites (tertiary alicyclic amines) is 1. The van der Waals surface area contributed by atoms with Crippen LogP contribution in [0.2, 0.25) is 0 Å². The molecule has 1 aliphatic heterocycles. The molecule has 23 heavy (non-hydrogen) atoms. The molecule has 1 aromatic heterocycles. The molecule has 1 fully saturated rings. The predicted octanol–water partition coefficient (Wildman–Crippen LogP) is 4.19. The highest BCUT2D eigenvalue weighted by atomic mass is 32.2. The van der Waals surface area contributed by atoms with Gasteiger partial charge in [-0.15, -0.1) is 13.2 Å². The van der Waals surface area contributed by atoms with Crippen LogP contribution in [0.1, 0.15) is 29.9 Å². The molecule has 0 aliphatic carbocycles. The summed E-state index contributed by atoms with van der Waals surface area (Å²) in [6.07, 6.45) is 5.93. The number of aryl methyl sites for hydroxylation is 1. The Balaban J connectivity index is 0.000000924. The fraction of sp³-hybridized carbons (Fsp3) is 0.474. The maximum atomic E-state index is 3.46. The van der Waals surface area contributed by atoms with Gasteiger partial charge in [0.25, 0.3) is 0 Å². The normalized spacial score (nSPS) is 16.3. The monoisotopic (exact) mass is 331 g/mol. The van der Waals surface area contributed by atoms with Crippen LogP contribution in [0.4, 0.5) is 0 Å². The summed E-state index contributed by atoms with van der Waals surface area (Å²) in [4.78, 5) is 5.90. The molecule has 1 aromatic carbocycles. The number of aromatic nitrogens is 1. The van der Waals surface area contributed by atoms with Gasteiger partial charge in [0.2, 0.25) is 0 Å². The van der Waals surface area contributed by atoms with Crippen molar-refractivity contribution in [2.24, 2.45) is 0 Å². The molecular formula is C19H29N3S. The van der Waals surface area contributed by atoms with Crippen molar-refractivity contribution < 1.29 is 0 Å². The van der Waals surface area contributed by atoms with E-state index in [1.165, 1.54) is 48.0 Å². The Morgan fingerprint density at radius 2 is 2.04 bits per heavy atom. The molecular weight excluding hydrogens is 302 g/mol. The molecule has 4 heteroatoms. The van der Waals surface area contributed by atoms with Gasteiger partial charge in [-0.25, -0.2) is 0 Å². The van der Waals surface area contributed by atoms with Crippen LogP contribution in [0, 0.1) is 0 Å². The zero-order valence-electron chi connectivity index (χ0n) is 14.4. The summed E-state index contributed by atoms with van der Waals surface area (Å²) in [6, 6.07) is 6.90. The van der Waals surface area contributed by atoms with E-state index in [0.29, 0.717) is 0 Å². The molecule has 0 spiro atoms. The van der Waals surface area contributed by atoms with Crippen molar-refractivity contribution in [3.8, 4) is 0 Å². The second-order valence-corrected chi connectivity index (χ2v) is 7.11. The molecule has 0 saturated carbocycles. The molecule has 1 saturated heterocycles. The molecule has 1 aliphatic rings. The molecule has 0 atom stereocenters. The Bertz CT molecular complexity index is 600. The van der Waals surface area contributed by atoms with Gasteiger partial charge in [0, 0.05) is 22.9 Å². The number of fused-ring (bicyclic) bond motifs is 1. The third-order valence-electron chi connectivity index (χ3n) is 4.57. The van der Waals surface area contributed by atoms with Crippen LogP contribution >= 0.6 is 11.9 Å². The third kappa shape index (κ3) is 4.63. The Morgan fingerprint density at radius 1 is 1.30 bits per heavy atom. The van der Waals surface area contributed by atoms with Crippen molar-refractivity contribution >= 4 is 22.9 Å². The number of nitrogens with one attached hydrogen (secondary N) is 2. The van der Waals surface area contributed by atoms with E-state index in [0.717, 1.165) is 18.1 Å². The summed E-state index contributed by atoms with van der Waals surface area (Å²) in [5.74, 6) is 1.84. The number of nitrogens with zero attached hydrogens (tertiary/aromatic N) is 1. The summed E-state index contributed by atoms with van der Waals surface area (Å²) < 4.78 is 3.14. The quantitative estimate of drug-likeness (QED) is 0.489. The van der Waals surface area contributed by atoms with Gasteiger partial charge in [-0.05, 0) is 75.6 Å². The van der Waals surface area contributed by atoms with Gasteiger partial charge in [0.1, 0.15) is 0 Å². The van der Waals surface area contributed by atoms with E-state index in [4.69, 9.17) is 0 Å². The molecule has 2 aromatic rings. The summed E-state index contributed by atoms with van der Waals surface area (Å²) >= 11 is 1.78. The van der Waals surface area contributed by atoms with Crippen molar-refractivity contribution in [3.63, 3.8) is 0 Å². The van der Waals surface area contributed by atoms with E-state index in [1.54, 1.807) is 11.9 Å². The number of rotatable bonds is 5. The number of aromatic amines is 1. The Labute approximate surface area is 144 Å². The minimum atomic E-state index is 0.719. The first-order valence-electron chi connectivity index (χ1n) is 8.35. The minimum absolute atomic E-state index is 0.719. The van der Waals surface area contributed by atoms with E-state index < -0.39 is 0 Å². The highest BCUT2D eigenvalue weighted by molar-refractivity contribution is 7.97. The van der Waals surface area contributed by atoms with Crippen LogP contribution < -0.4 is 4.72 Å². The summed E-state index contributed by atoms with van der Waals surface area (Å²) in [5.41, 5.74) is 4.26. The fourth-order valence-electron chi connectivity index (χ4n) is 3.27. The van der Waals surface area contributed by atoms with Crippen molar-refractivity contribution in [2.75, 3.05) is 32.9 Å². The van der Waals surface area contributed by atoms with Crippen LogP contribution in [-0.4, -0.2) is 42.8 Å². The van der Waals surface area contributed by atoms with Crippen molar-refractivity contribution in [1.29, 1.82) is 0 Å². The van der Waals surface area contributed by atoms with Crippen LogP contribution in [0.25, 0.3) is 10.9 Å². The maximum absolute atomic E-state index is 3.46. The standard InChI is InChI=1S/C17H25N3S.C2H4/c1-18-21-10-7-13-3-4-17-15(11-13)16(12-19-17)14-5-8-20(2)9-6-14;1-2/h3-4,11-12,14,18-19H,5-10H2,1-2H3;1-2H2. The van der Waals surface area contributed by atoms with E-state index in [-0.39, 0.29) is 0 Å². The molecule has 2 heterocycles. The molecule has 0 amide bonds. The second kappa shape index (κ2) is 9.16. The van der Waals surface area contributed by atoms with E-state index >= 15 is 0 Å². The van der Waals surface area contributed by atoms with Gasteiger partial charge in [0.15, 0.2) is 0 Å². The van der Waals surface area contributed by atoms with E-state index in [1.807, 2.05) is 7.05 Å². The minimum Gasteiger partial charge on any atom is -0.361 e. The molecule has 3 nitrogen and oxygen atoms in total. The topological polar surface area (TPSA) is 31.1 Å². The molecule has 0 radical (unpaired) electrons. The van der Waals surface area contributed by atoms with Gasteiger partial charge in [-0.3, -0.25) is 4.72 Å². The molecule has 2 N–H and O–H groups in total. The molecule has 3 rings (SSSR count). The summed E-state index contributed by atoms with van der Waals surface area (Å²) in [6.45, 7) is 8.44. The summed E-state index contributed by atoms with van der Waals surface area (Å²) in [7, 11) is 4.21. The van der Waals surface area contributed by atoms with Crippen LogP contribution in [0.5, 0.6) is 0 Å². The van der Waals surface area contributed by atoms with E-state index in [9.17, 15) is 0 Å². The third-order valence-corrected chi connectivity index (χ3v) is 5.27. The number of hydrogen-bond acceptors (Lipinski definition) is 3. The fourth-order valence-corrected chi connectivity index (χ4v) is 3.82. The van der Waals surface area contributed by atoms with Crippen LogP contribution in [-0.2, 0) is 6.42 Å². The Hall–Kier alpha value is -1.23. The van der Waals surface area contributed by atoms with Crippen molar-refractivity contribution in [1.82, 2.24) is 14.6 Å². The zero-order chi connectivity index (χ0) is 16.7. The largest absolute Gasteiger partial charge is 0.361 e. The van der Waals surface area contributed by atoms with Gasteiger partial charge in [-0.2, -0.15) is 0 Å². The first-order chi connectivity index (χ1) is 11.3. The lowest BCUT2D eigenvalue weighted by atomic mass is 9.89. The van der Waals surface area contributed by atoms with Crippen molar-refractivity contribution in [2.45, 2.75) is 25.2 Å². The smallest absolute Gasteiger partial charge is 0.0457 e. The number of piperidine rings is 1. The number of H-pyrrole nitrogens is 1. The van der Waals surface area contributed by atoms with Gasteiger partial charge in [0.05, 0.1) is 0 Å². The Kier molecular flexibility index (Phi) is 7.21. The lowest BCUT2D eigenvalue weighted by Gasteiger charge is -2.28. The van der Waals surface area contributed by atoms with Gasteiger partial charge >= 0.3 is 0 Å². The number of benzene rings is 1. The molecule has 0 bridgehead atoms. The first kappa shape index (κ1) is 18.1. The molecule has 0 unspecified atom stereocenters. The Morgan fingerprint density at radius 3 is 2.74 bits per heavy atom. The maximum Gasteiger partial charge on any atom is 0.0457 e. The van der Waals surface area contributed by atoms with Gasteiger partial charge in [-0.1, -0.05) is 18.0 Å². The average Bonchev–Trinajstić information content (AvgIpc) is 3.01. The lowest BCUT2D eigenvalue weighted by molar-refractivity contribution is 0.256.